The summed E-state index contributed by atoms with van der Waals surface area (Å²) in [6, 6.07) is 5.43. The molecule has 2 aromatic heterocycles. The molecule has 0 bridgehead atoms. The van der Waals surface area contributed by atoms with Crippen LogP contribution in [0.2, 0.25) is 0 Å². The second kappa shape index (κ2) is 5.73. The first-order valence-corrected chi connectivity index (χ1v) is 6.27. The van der Waals surface area contributed by atoms with Gasteiger partial charge in [-0.2, -0.15) is 0 Å². The zero-order valence-corrected chi connectivity index (χ0v) is 11.4. The molecule has 2 rings (SSSR count). The van der Waals surface area contributed by atoms with Crippen molar-refractivity contribution in [1.29, 1.82) is 0 Å². The molecule has 0 saturated heterocycles. The first kappa shape index (κ1) is 12.7. The molecule has 2 heterocycles. The van der Waals surface area contributed by atoms with Gasteiger partial charge in [0.2, 0.25) is 0 Å². The van der Waals surface area contributed by atoms with Crippen molar-refractivity contribution in [1.82, 2.24) is 15.3 Å². The van der Waals surface area contributed by atoms with Gasteiger partial charge in [0.25, 0.3) is 5.91 Å². The molecule has 0 fully saturated rings. The summed E-state index contributed by atoms with van der Waals surface area (Å²) in [5.74, 6) is -0.145. The molecule has 1 N–H and O–H groups in total. The number of nitrogens with one attached hydrogen (secondary N) is 1. The van der Waals surface area contributed by atoms with Crippen LogP contribution in [-0.4, -0.2) is 15.9 Å². The van der Waals surface area contributed by atoms with Gasteiger partial charge in [0.15, 0.2) is 0 Å². The fourth-order valence-electron chi connectivity index (χ4n) is 1.55. The van der Waals surface area contributed by atoms with Crippen LogP contribution >= 0.6 is 15.9 Å². The van der Waals surface area contributed by atoms with Crippen molar-refractivity contribution in [3.63, 3.8) is 0 Å². The van der Waals surface area contributed by atoms with Gasteiger partial charge in [-0.1, -0.05) is 0 Å². The van der Waals surface area contributed by atoms with Gasteiger partial charge in [0.1, 0.15) is 0 Å². The minimum atomic E-state index is -0.145. The van der Waals surface area contributed by atoms with Crippen LogP contribution in [0.25, 0.3) is 0 Å². The average molecular weight is 306 g/mol. The first-order chi connectivity index (χ1) is 8.66. The van der Waals surface area contributed by atoms with Crippen molar-refractivity contribution in [2.75, 3.05) is 0 Å². The van der Waals surface area contributed by atoms with Crippen molar-refractivity contribution in [2.24, 2.45) is 0 Å². The molecular formula is C13H12BrN3O. The third-order valence-corrected chi connectivity index (χ3v) is 2.95. The number of hydrogen-bond donors (Lipinski definition) is 1. The summed E-state index contributed by atoms with van der Waals surface area (Å²) in [6.07, 6.45) is 6.60. The van der Waals surface area contributed by atoms with Crippen LogP contribution in [0.1, 0.15) is 28.9 Å². The van der Waals surface area contributed by atoms with Crippen molar-refractivity contribution in [2.45, 2.75) is 13.0 Å². The standard InChI is InChI=1S/C13H12BrN3O/c1-9(10-2-4-15-5-3-10)17-13(18)11-6-12(14)8-16-7-11/h2-9H,1H3,(H,17,18). The van der Waals surface area contributed by atoms with Crippen LogP contribution in [-0.2, 0) is 0 Å². The van der Waals surface area contributed by atoms with Crippen molar-refractivity contribution in [3.05, 3.63) is 58.6 Å². The number of rotatable bonds is 3. The normalized spacial score (nSPS) is 11.9. The number of pyridine rings is 2. The lowest BCUT2D eigenvalue weighted by molar-refractivity contribution is 0.0939. The van der Waals surface area contributed by atoms with Crippen molar-refractivity contribution in [3.8, 4) is 0 Å². The van der Waals surface area contributed by atoms with Gasteiger partial charge in [-0.05, 0) is 46.6 Å². The second-order valence-electron chi connectivity index (χ2n) is 3.87. The third kappa shape index (κ3) is 3.13. The lowest BCUT2D eigenvalue weighted by Crippen LogP contribution is -2.26. The lowest BCUT2D eigenvalue weighted by atomic mass is 10.1. The highest BCUT2D eigenvalue weighted by Gasteiger charge is 2.11. The third-order valence-electron chi connectivity index (χ3n) is 2.52. The molecule has 18 heavy (non-hydrogen) atoms. The summed E-state index contributed by atoms with van der Waals surface area (Å²) in [5, 5.41) is 2.91. The lowest BCUT2D eigenvalue weighted by Gasteiger charge is -2.13. The topological polar surface area (TPSA) is 54.9 Å². The monoisotopic (exact) mass is 305 g/mol. The Hall–Kier alpha value is -1.75. The van der Waals surface area contributed by atoms with Crippen LogP contribution in [0.3, 0.4) is 0 Å². The first-order valence-electron chi connectivity index (χ1n) is 5.48. The Morgan fingerprint density at radius 3 is 2.67 bits per heavy atom. The average Bonchev–Trinajstić information content (AvgIpc) is 2.39. The fourth-order valence-corrected chi connectivity index (χ4v) is 1.92. The molecule has 5 heteroatoms. The highest BCUT2D eigenvalue weighted by Crippen LogP contribution is 2.13. The molecule has 2 aromatic rings. The summed E-state index contributed by atoms with van der Waals surface area (Å²) in [5.41, 5.74) is 1.55. The van der Waals surface area contributed by atoms with E-state index in [1.54, 1.807) is 30.9 Å². The Morgan fingerprint density at radius 2 is 2.00 bits per heavy atom. The quantitative estimate of drug-likeness (QED) is 0.948. The van der Waals surface area contributed by atoms with E-state index in [1.807, 2.05) is 19.1 Å². The van der Waals surface area contributed by atoms with Crippen LogP contribution < -0.4 is 5.32 Å². The SMILES string of the molecule is CC(NC(=O)c1cncc(Br)c1)c1ccncc1. The van der Waals surface area contributed by atoms with E-state index in [2.05, 4.69) is 31.2 Å². The Kier molecular flexibility index (Phi) is 4.04. The maximum absolute atomic E-state index is 12.0. The maximum atomic E-state index is 12.0. The molecule has 0 spiro atoms. The van der Waals surface area contributed by atoms with Crippen LogP contribution in [0.4, 0.5) is 0 Å². The molecule has 92 valence electrons. The molecule has 1 unspecified atom stereocenters. The van der Waals surface area contributed by atoms with Crippen LogP contribution in [0, 0.1) is 0 Å². The molecule has 0 aliphatic rings. The minimum Gasteiger partial charge on any atom is -0.345 e. The molecule has 0 saturated carbocycles. The van der Waals surface area contributed by atoms with E-state index >= 15 is 0 Å². The zero-order valence-electron chi connectivity index (χ0n) is 9.80. The largest absolute Gasteiger partial charge is 0.345 e. The highest BCUT2D eigenvalue weighted by atomic mass is 79.9. The molecule has 1 atom stereocenters. The van der Waals surface area contributed by atoms with E-state index in [0.717, 1.165) is 10.0 Å². The molecule has 0 aliphatic carbocycles. The fraction of sp³-hybridized carbons (Fsp3) is 0.154. The van der Waals surface area contributed by atoms with E-state index < -0.39 is 0 Å². The van der Waals surface area contributed by atoms with Gasteiger partial charge in [-0.3, -0.25) is 14.8 Å². The molecule has 0 radical (unpaired) electrons. The van der Waals surface area contributed by atoms with E-state index in [9.17, 15) is 4.79 Å². The summed E-state index contributed by atoms with van der Waals surface area (Å²) >= 11 is 3.29. The number of nitrogens with zero attached hydrogens (tertiary/aromatic N) is 2. The molecule has 0 aliphatic heterocycles. The minimum absolute atomic E-state index is 0.0699. The van der Waals surface area contributed by atoms with E-state index in [4.69, 9.17) is 0 Å². The van der Waals surface area contributed by atoms with Gasteiger partial charge in [0.05, 0.1) is 11.6 Å². The predicted molar refractivity (Wildman–Crippen MR) is 72.1 cm³/mol. The zero-order chi connectivity index (χ0) is 13.0. The molecule has 0 aromatic carbocycles. The van der Waals surface area contributed by atoms with Gasteiger partial charge in [0, 0.05) is 29.3 Å². The molecule has 4 nitrogen and oxygen atoms in total. The summed E-state index contributed by atoms with van der Waals surface area (Å²) in [6.45, 7) is 1.93. The van der Waals surface area contributed by atoms with E-state index in [0.29, 0.717) is 5.56 Å². The maximum Gasteiger partial charge on any atom is 0.253 e. The Morgan fingerprint density at radius 1 is 1.28 bits per heavy atom. The number of aromatic nitrogens is 2. The number of carbonyl (C=O) groups excluding carboxylic acids is 1. The molecular weight excluding hydrogens is 294 g/mol. The van der Waals surface area contributed by atoms with Crippen molar-refractivity contribution < 1.29 is 4.79 Å². The second-order valence-corrected chi connectivity index (χ2v) is 4.78. The summed E-state index contributed by atoms with van der Waals surface area (Å²) < 4.78 is 0.784. The van der Waals surface area contributed by atoms with Crippen LogP contribution in [0.15, 0.2) is 47.5 Å². The number of halogens is 1. The Bertz CT molecular complexity index is 545. The summed E-state index contributed by atoms with van der Waals surface area (Å²) in [4.78, 5) is 19.9. The van der Waals surface area contributed by atoms with Gasteiger partial charge in [-0.25, -0.2) is 0 Å². The smallest absolute Gasteiger partial charge is 0.253 e. The van der Waals surface area contributed by atoms with Gasteiger partial charge >= 0.3 is 0 Å². The number of hydrogen-bond acceptors (Lipinski definition) is 3. The Labute approximate surface area is 114 Å². The van der Waals surface area contributed by atoms with E-state index in [-0.39, 0.29) is 11.9 Å². The molecule has 1 amide bonds. The summed E-state index contributed by atoms with van der Waals surface area (Å²) in [7, 11) is 0. The Balaban J connectivity index is 2.08. The van der Waals surface area contributed by atoms with E-state index in [1.165, 1.54) is 0 Å². The van der Waals surface area contributed by atoms with Crippen LogP contribution in [0.5, 0.6) is 0 Å². The van der Waals surface area contributed by atoms with Gasteiger partial charge in [-0.15, -0.1) is 0 Å². The predicted octanol–water partition coefficient (Wildman–Crippen LogP) is 2.73. The highest BCUT2D eigenvalue weighted by molar-refractivity contribution is 9.10. The number of amides is 1. The van der Waals surface area contributed by atoms with Crippen molar-refractivity contribution >= 4 is 21.8 Å². The number of carbonyl (C=O) groups is 1. The van der Waals surface area contributed by atoms with Gasteiger partial charge < -0.3 is 5.32 Å².